The van der Waals surface area contributed by atoms with Crippen LogP contribution in [0.25, 0.3) is 0 Å². The van der Waals surface area contributed by atoms with Gasteiger partial charge in [-0.2, -0.15) is 5.10 Å². The van der Waals surface area contributed by atoms with Crippen molar-refractivity contribution < 1.29 is 0 Å². The quantitative estimate of drug-likeness (QED) is 0.685. The molecule has 1 unspecified atom stereocenters. The molecule has 7 heteroatoms. The highest BCUT2D eigenvalue weighted by molar-refractivity contribution is 7.11. The van der Waals surface area contributed by atoms with E-state index in [4.69, 9.17) is 0 Å². The highest BCUT2D eigenvalue weighted by atomic mass is 32.1. The van der Waals surface area contributed by atoms with Crippen molar-refractivity contribution >= 4 is 17.3 Å². The van der Waals surface area contributed by atoms with E-state index in [1.54, 1.807) is 11.3 Å². The lowest BCUT2D eigenvalue weighted by atomic mass is 10.0. The van der Waals surface area contributed by atoms with Gasteiger partial charge in [0.15, 0.2) is 5.96 Å². The third kappa shape index (κ3) is 4.10. The highest BCUT2D eigenvalue weighted by Gasteiger charge is 2.25. The van der Waals surface area contributed by atoms with Crippen LogP contribution in [0.15, 0.2) is 23.6 Å². The second kappa shape index (κ2) is 7.12. The Bertz CT molecular complexity index is 674. The van der Waals surface area contributed by atoms with Gasteiger partial charge in [-0.05, 0) is 31.2 Å². The molecule has 3 rings (SSSR count). The van der Waals surface area contributed by atoms with E-state index in [2.05, 4.69) is 38.4 Å². The van der Waals surface area contributed by atoms with Gasteiger partial charge in [0.2, 0.25) is 0 Å². The fourth-order valence-electron chi connectivity index (χ4n) is 3.07. The third-order valence-corrected chi connectivity index (χ3v) is 5.06. The molecule has 1 saturated heterocycles. The van der Waals surface area contributed by atoms with Crippen LogP contribution in [0, 0.1) is 12.8 Å². The lowest BCUT2D eigenvalue weighted by Gasteiger charge is -2.21. The molecule has 0 radical (unpaired) electrons. The summed E-state index contributed by atoms with van der Waals surface area (Å²) in [5.74, 6) is 1.64. The van der Waals surface area contributed by atoms with Crippen molar-refractivity contribution in [1.29, 1.82) is 0 Å². The zero-order valence-corrected chi connectivity index (χ0v) is 14.8. The molecule has 1 atom stereocenters. The summed E-state index contributed by atoms with van der Waals surface area (Å²) < 4.78 is 1.87. The van der Waals surface area contributed by atoms with E-state index in [-0.39, 0.29) is 0 Å². The number of likely N-dealkylation sites (tertiary alicyclic amines) is 1. The summed E-state index contributed by atoms with van der Waals surface area (Å²) in [6.45, 7) is 4.93. The Balaban J connectivity index is 1.51. The number of aliphatic imine (C=N–C) groups is 1. The molecule has 23 heavy (non-hydrogen) atoms. The molecule has 1 aliphatic heterocycles. The maximum Gasteiger partial charge on any atom is 0.194 e. The fourth-order valence-corrected chi connectivity index (χ4v) is 3.80. The van der Waals surface area contributed by atoms with Crippen molar-refractivity contribution in [3.05, 3.63) is 34.0 Å². The predicted octanol–water partition coefficient (Wildman–Crippen LogP) is 1.83. The normalized spacial score (nSPS) is 18.7. The molecular weight excluding hydrogens is 308 g/mol. The number of nitrogens with zero attached hydrogens (tertiary/aromatic N) is 5. The zero-order chi connectivity index (χ0) is 16.2. The van der Waals surface area contributed by atoms with Crippen molar-refractivity contribution in [2.24, 2.45) is 18.0 Å². The average Bonchev–Trinajstić information content (AvgIpc) is 3.24. The Morgan fingerprint density at radius 1 is 1.48 bits per heavy atom. The molecule has 1 N–H and O–H groups in total. The van der Waals surface area contributed by atoms with Gasteiger partial charge in [-0.3, -0.25) is 9.67 Å². The van der Waals surface area contributed by atoms with Gasteiger partial charge in [0.05, 0.1) is 12.7 Å². The first-order chi connectivity index (χ1) is 11.1. The van der Waals surface area contributed by atoms with E-state index < -0.39 is 0 Å². The van der Waals surface area contributed by atoms with Crippen molar-refractivity contribution in [2.75, 3.05) is 20.1 Å². The number of aromatic nitrogens is 3. The summed E-state index contributed by atoms with van der Waals surface area (Å²) >= 11 is 1.73. The Kier molecular flexibility index (Phi) is 4.95. The molecule has 0 amide bonds. The van der Waals surface area contributed by atoms with Gasteiger partial charge < -0.3 is 10.2 Å². The fraction of sp³-hybridized carbons (Fsp3) is 0.562. The van der Waals surface area contributed by atoms with Crippen LogP contribution in [-0.2, 0) is 20.0 Å². The Morgan fingerprint density at radius 2 is 2.35 bits per heavy atom. The molecule has 0 bridgehead atoms. The highest BCUT2D eigenvalue weighted by Crippen LogP contribution is 2.21. The zero-order valence-electron chi connectivity index (χ0n) is 14.0. The molecule has 2 aromatic heterocycles. The average molecular weight is 332 g/mol. The topological polar surface area (TPSA) is 58.3 Å². The standard InChI is InChI=1S/C16H24N6S/c1-12-7-18-15(23-12)9-19-16(17-2)22-5-4-13(11-22)6-14-8-20-21(3)10-14/h7-8,10,13H,4-6,9,11H2,1-3H3,(H,17,19). The molecule has 0 aromatic carbocycles. The summed E-state index contributed by atoms with van der Waals surface area (Å²) in [7, 11) is 3.82. The summed E-state index contributed by atoms with van der Waals surface area (Å²) in [4.78, 5) is 12.4. The predicted molar refractivity (Wildman–Crippen MR) is 93.6 cm³/mol. The molecule has 1 aliphatic rings. The second-order valence-corrected chi connectivity index (χ2v) is 7.41. The van der Waals surface area contributed by atoms with E-state index in [0.29, 0.717) is 5.92 Å². The van der Waals surface area contributed by atoms with E-state index >= 15 is 0 Å². The maximum atomic E-state index is 4.43. The number of hydrogen-bond donors (Lipinski definition) is 1. The number of aryl methyl sites for hydroxylation is 2. The minimum Gasteiger partial charge on any atom is -0.350 e. The minimum absolute atomic E-state index is 0.667. The van der Waals surface area contributed by atoms with Crippen LogP contribution in [0.1, 0.15) is 21.9 Å². The van der Waals surface area contributed by atoms with E-state index in [9.17, 15) is 0 Å². The van der Waals surface area contributed by atoms with E-state index in [1.807, 2.05) is 31.2 Å². The first-order valence-electron chi connectivity index (χ1n) is 7.98. The molecule has 0 aliphatic carbocycles. The molecule has 0 spiro atoms. The van der Waals surface area contributed by atoms with Crippen LogP contribution >= 0.6 is 11.3 Å². The molecule has 124 valence electrons. The molecule has 6 nitrogen and oxygen atoms in total. The SMILES string of the molecule is CN=C(NCc1ncc(C)s1)N1CCC(Cc2cnn(C)c2)C1. The van der Waals surface area contributed by atoms with Gasteiger partial charge in [0.25, 0.3) is 0 Å². The molecular formula is C16H24N6S. The van der Waals surface area contributed by atoms with Crippen molar-refractivity contribution in [2.45, 2.75) is 26.3 Å². The lowest BCUT2D eigenvalue weighted by Crippen LogP contribution is -2.39. The largest absolute Gasteiger partial charge is 0.350 e. The van der Waals surface area contributed by atoms with Crippen molar-refractivity contribution in [1.82, 2.24) is 25.0 Å². The Hall–Kier alpha value is -1.89. The van der Waals surface area contributed by atoms with Gasteiger partial charge in [0, 0.05) is 44.5 Å². The van der Waals surface area contributed by atoms with Gasteiger partial charge in [-0.25, -0.2) is 4.98 Å². The summed E-state index contributed by atoms with van der Waals surface area (Å²) in [5, 5.41) is 8.80. The smallest absolute Gasteiger partial charge is 0.194 e. The van der Waals surface area contributed by atoms with Crippen LogP contribution in [0.3, 0.4) is 0 Å². The lowest BCUT2D eigenvalue weighted by molar-refractivity contribution is 0.459. The number of rotatable bonds is 4. The van der Waals surface area contributed by atoms with Crippen LogP contribution < -0.4 is 5.32 Å². The first-order valence-corrected chi connectivity index (χ1v) is 8.80. The van der Waals surface area contributed by atoms with Gasteiger partial charge in [0.1, 0.15) is 5.01 Å². The molecule has 3 heterocycles. The second-order valence-electron chi connectivity index (χ2n) is 6.09. The van der Waals surface area contributed by atoms with Crippen LogP contribution in [0.4, 0.5) is 0 Å². The number of nitrogens with one attached hydrogen (secondary N) is 1. The maximum absolute atomic E-state index is 4.43. The summed E-state index contributed by atoms with van der Waals surface area (Å²) in [6, 6.07) is 0. The van der Waals surface area contributed by atoms with E-state index in [0.717, 1.165) is 37.0 Å². The number of hydrogen-bond acceptors (Lipinski definition) is 4. The first kappa shape index (κ1) is 16.0. The van der Waals surface area contributed by atoms with Crippen molar-refractivity contribution in [3.63, 3.8) is 0 Å². The molecule has 2 aromatic rings. The van der Waals surface area contributed by atoms with Gasteiger partial charge in [-0.15, -0.1) is 11.3 Å². The molecule has 0 saturated carbocycles. The van der Waals surface area contributed by atoms with Crippen LogP contribution in [-0.4, -0.2) is 45.8 Å². The summed E-state index contributed by atoms with van der Waals surface area (Å²) in [5.41, 5.74) is 1.32. The Morgan fingerprint density at radius 3 is 3.00 bits per heavy atom. The van der Waals surface area contributed by atoms with Crippen molar-refractivity contribution in [3.8, 4) is 0 Å². The molecule has 1 fully saturated rings. The third-order valence-electron chi connectivity index (χ3n) is 4.15. The summed E-state index contributed by atoms with van der Waals surface area (Å²) in [6.07, 6.45) is 8.30. The van der Waals surface area contributed by atoms with Gasteiger partial charge >= 0.3 is 0 Å². The van der Waals surface area contributed by atoms with Gasteiger partial charge in [-0.1, -0.05) is 0 Å². The Labute approximate surface area is 141 Å². The minimum atomic E-state index is 0.667. The van der Waals surface area contributed by atoms with E-state index in [1.165, 1.54) is 16.9 Å². The number of guanidine groups is 1. The van der Waals surface area contributed by atoms with Crippen LogP contribution in [0.2, 0.25) is 0 Å². The number of thiazole rings is 1. The monoisotopic (exact) mass is 332 g/mol. The van der Waals surface area contributed by atoms with Crippen LogP contribution in [0.5, 0.6) is 0 Å².